The van der Waals surface area contributed by atoms with Crippen LogP contribution in [0.4, 0.5) is 5.69 Å². The number of amides is 2. The molecule has 0 aliphatic carbocycles. The van der Waals surface area contributed by atoms with Crippen molar-refractivity contribution in [3.8, 4) is 0 Å². The molecule has 5 heteroatoms. The van der Waals surface area contributed by atoms with E-state index in [1.165, 1.54) is 0 Å². The van der Waals surface area contributed by atoms with E-state index in [4.69, 9.17) is 0 Å². The highest BCUT2D eigenvalue weighted by Gasteiger charge is 2.27. The van der Waals surface area contributed by atoms with E-state index in [0.29, 0.717) is 38.2 Å². The van der Waals surface area contributed by atoms with Gasteiger partial charge >= 0.3 is 0 Å². The number of rotatable bonds is 3. The van der Waals surface area contributed by atoms with Gasteiger partial charge in [0.1, 0.15) is 0 Å². The minimum absolute atomic E-state index is 0.00332. The van der Waals surface area contributed by atoms with Crippen LogP contribution in [-0.2, 0) is 4.79 Å². The van der Waals surface area contributed by atoms with Crippen LogP contribution in [0.25, 0.3) is 0 Å². The number of nitrogens with zero attached hydrogens (tertiary/aromatic N) is 3. The monoisotopic (exact) mass is 331 g/mol. The summed E-state index contributed by atoms with van der Waals surface area (Å²) in [6.45, 7) is 8.65. The van der Waals surface area contributed by atoms with Crippen molar-refractivity contribution in [1.82, 2.24) is 9.80 Å². The van der Waals surface area contributed by atoms with Crippen LogP contribution in [0.5, 0.6) is 0 Å². The molecule has 132 valence electrons. The first-order chi connectivity index (χ1) is 11.2. The number of hydrogen-bond donors (Lipinski definition) is 0. The van der Waals surface area contributed by atoms with Gasteiger partial charge in [-0.3, -0.25) is 9.59 Å². The molecule has 1 saturated heterocycles. The van der Waals surface area contributed by atoms with Crippen molar-refractivity contribution in [3.63, 3.8) is 0 Å². The molecule has 2 rings (SSSR count). The number of carbonyl (C=O) groups is 2. The molecule has 0 unspecified atom stereocenters. The van der Waals surface area contributed by atoms with Gasteiger partial charge in [0.25, 0.3) is 5.91 Å². The first-order valence-corrected chi connectivity index (χ1v) is 8.52. The van der Waals surface area contributed by atoms with Crippen molar-refractivity contribution in [2.75, 3.05) is 45.2 Å². The Morgan fingerprint density at radius 1 is 1.04 bits per heavy atom. The highest BCUT2D eigenvalue weighted by molar-refractivity contribution is 5.95. The molecule has 1 fully saturated rings. The molecule has 1 aromatic carbocycles. The lowest BCUT2D eigenvalue weighted by Gasteiger charge is -2.36. The zero-order valence-corrected chi connectivity index (χ0v) is 15.5. The number of hydrogen-bond acceptors (Lipinski definition) is 3. The Labute approximate surface area is 145 Å². The van der Waals surface area contributed by atoms with Crippen molar-refractivity contribution >= 4 is 17.5 Å². The molecular weight excluding hydrogens is 302 g/mol. The lowest BCUT2D eigenvalue weighted by molar-refractivity contribution is -0.134. The second-order valence-electron chi connectivity index (χ2n) is 7.86. The molecule has 0 aromatic heterocycles. The lowest BCUT2D eigenvalue weighted by Crippen LogP contribution is -2.51. The Bertz CT molecular complexity index is 597. The zero-order valence-electron chi connectivity index (χ0n) is 15.5. The average Bonchev–Trinajstić information content (AvgIpc) is 2.53. The lowest BCUT2D eigenvalue weighted by atomic mass is 9.91. The number of carbonyl (C=O) groups excluding carboxylic acids is 2. The van der Waals surface area contributed by atoms with Crippen molar-refractivity contribution in [2.24, 2.45) is 5.41 Å². The maximum atomic E-state index is 12.7. The molecule has 24 heavy (non-hydrogen) atoms. The topological polar surface area (TPSA) is 43.9 Å². The fourth-order valence-electron chi connectivity index (χ4n) is 2.82. The van der Waals surface area contributed by atoms with E-state index in [0.717, 1.165) is 5.69 Å². The summed E-state index contributed by atoms with van der Waals surface area (Å²) in [5.74, 6) is 0.228. The minimum atomic E-state index is -0.00332. The summed E-state index contributed by atoms with van der Waals surface area (Å²) in [6.07, 6.45) is 0.547. The van der Waals surface area contributed by atoms with E-state index in [-0.39, 0.29) is 17.2 Å². The highest BCUT2D eigenvalue weighted by atomic mass is 16.2. The fraction of sp³-hybridized carbons (Fsp3) is 0.579. The Kier molecular flexibility index (Phi) is 5.52. The quantitative estimate of drug-likeness (QED) is 0.855. The Hall–Kier alpha value is -2.04. The maximum Gasteiger partial charge on any atom is 0.254 e. The summed E-state index contributed by atoms with van der Waals surface area (Å²) in [6, 6.07) is 7.66. The second kappa shape index (κ2) is 7.24. The van der Waals surface area contributed by atoms with Crippen LogP contribution >= 0.6 is 0 Å². The molecule has 1 aromatic rings. The molecular formula is C19H29N3O2. The predicted octanol–water partition coefficient (Wildman–Crippen LogP) is 2.47. The first kappa shape index (κ1) is 18.3. The summed E-state index contributed by atoms with van der Waals surface area (Å²) < 4.78 is 0. The maximum absolute atomic E-state index is 12.7. The number of benzene rings is 1. The molecule has 0 radical (unpaired) electrons. The van der Waals surface area contributed by atoms with E-state index in [9.17, 15) is 9.59 Å². The van der Waals surface area contributed by atoms with Crippen LogP contribution in [0.2, 0.25) is 0 Å². The van der Waals surface area contributed by atoms with Gasteiger partial charge in [-0.25, -0.2) is 0 Å². The van der Waals surface area contributed by atoms with Crippen LogP contribution in [0.1, 0.15) is 37.6 Å². The minimum Gasteiger partial charge on any atom is -0.378 e. The molecule has 1 heterocycles. The Balaban J connectivity index is 1.96. The summed E-state index contributed by atoms with van der Waals surface area (Å²) in [4.78, 5) is 30.7. The second-order valence-corrected chi connectivity index (χ2v) is 7.86. The van der Waals surface area contributed by atoms with Gasteiger partial charge < -0.3 is 14.7 Å². The van der Waals surface area contributed by atoms with Gasteiger partial charge in [0.2, 0.25) is 5.91 Å². The molecule has 0 atom stereocenters. The average molecular weight is 331 g/mol. The molecule has 5 nitrogen and oxygen atoms in total. The standard InChI is InChI=1S/C19H29N3O2/c1-19(2,3)14-17(23)21-9-11-22(12-10-21)18(24)15-7-6-8-16(13-15)20(4)5/h6-8,13H,9-12,14H2,1-5H3. The largest absolute Gasteiger partial charge is 0.378 e. The van der Waals surface area contributed by atoms with Crippen LogP contribution in [0.15, 0.2) is 24.3 Å². The van der Waals surface area contributed by atoms with Crippen LogP contribution < -0.4 is 4.90 Å². The third kappa shape index (κ3) is 4.73. The van der Waals surface area contributed by atoms with Gasteiger partial charge in [-0.1, -0.05) is 26.8 Å². The fourth-order valence-corrected chi connectivity index (χ4v) is 2.82. The zero-order chi connectivity index (χ0) is 17.9. The summed E-state index contributed by atoms with van der Waals surface area (Å²) >= 11 is 0. The van der Waals surface area contributed by atoms with Crippen LogP contribution in [0, 0.1) is 5.41 Å². The molecule has 0 saturated carbocycles. The Morgan fingerprint density at radius 3 is 2.17 bits per heavy atom. The smallest absolute Gasteiger partial charge is 0.254 e. The number of anilines is 1. The first-order valence-electron chi connectivity index (χ1n) is 8.52. The molecule has 0 N–H and O–H groups in total. The van der Waals surface area contributed by atoms with Gasteiger partial charge in [0, 0.05) is 57.9 Å². The normalized spacial score (nSPS) is 15.4. The summed E-state index contributed by atoms with van der Waals surface area (Å²) in [5, 5.41) is 0. The van der Waals surface area contributed by atoms with Crippen molar-refractivity contribution in [3.05, 3.63) is 29.8 Å². The van der Waals surface area contributed by atoms with Gasteiger partial charge in [-0.2, -0.15) is 0 Å². The van der Waals surface area contributed by atoms with E-state index < -0.39 is 0 Å². The van der Waals surface area contributed by atoms with Crippen LogP contribution in [0.3, 0.4) is 0 Å². The summed E-state index contributed by atoms with van der Waals surface area (Å²) in [5.41, 5.74) is 1.71. The van der Waals surface area contributed by atoms with E-state index in [1.54, 1.807) is 0 Å². The molecule has 2 amide bonds. The molecule has 1 aliphatic rings. The molecule has 0 bridgehead atoms. The third-order valence-corrected chi connectivity index (χ3v) is 4.21. The molecule has 0 spiro atoms. The Morgan fingerprint density at radius 2 is 1.62 bits per heavy atom. The van der Waals surface area contributed by atoms with E-state index >= 15 is 0 Å². The van der Waals surface area contributed by atoms with Gasteiger partial charge in [0.05, 0.1) is 0 Å². The SMILES string of the molecule is CN(C)c1cccc(C(=O)N2CCN(C(=O)CC(C)(C)C)CC2)c1. The van der Waals surface area contributed by atoms with Crippen molar-refractivity contribution < 1.29 is 9.59 Å². The highest BCUT2D eigenvalue weighted by Crippen LogP contribution is 2.21. The van der Waals surface area contributed by atoms with Crippen LogP contribution in [-0.4, -0.2) is 61.9 Å². The van der Waals surface area contributed by atoms with E-state index in [2.05, 4.69) is 20.8 Å². The van der Waals surface area contributed by atoms with E-state index in [1.807, 2.05) is 53.1 Å². The third-order valence-electron chi connectivity index (χ3n) is 4.21. The number of piperazine rings is 1. The van der Waals surface area contributed by atoms with Gasteiger partial charge in [0.15, 0.2) is 0 Å². The van der Waals surface area contributed by atoms with Gasteiger partial charge in [-0.05, 0) is 23.6 Å². The summed E-state index contributed by atoms with van der Waals surface area (Å²) in [7, 11) is 3.92. The predicted molar refractivity (Wildman–Crippen MR) is 97.3 cm³/mol. The molecule has 1 aliphatic heterocycles. The van der Waals surface area contributed by atoms with Gasteiger partial charge in [-0.15, -0.1) is 0 Å². The van der Waals surface area contributed by atoms with Crippen molar-refractivity contribution in [1.29, 1.82) is 0 Å². The van der Waals surface area contributed by atoms with Crippen molar-refractivity contribution in [2.45, 2.75) is 27.2 Å².